The van der Waals surface area contributed by atoms with Gasteiger partial charge in [0.15, 0.2) is 5.65 Å². The van der Waals surface area contributed by atoms with E-state index in [0.29, 0.717) is 36.7 Å². The van der Waals surface area contributed by atoms with Gasteiger partial charge in [0.05, 0.1) is 41.4 Å². The summed E-state index contributed by atoms with van der Waals surface area (Å²) in [5, 5.41) is 8.09. The van der Waals surface area contributed by atoms with Crippen molar-refractivity contribution in [3.63, 3.8) is 0 Å². The molecule has 33 heavy (non-hydrogen) atoms. The van der Waals surface area contributed by atoms with E-state index in [2.05, 4.69) is 20.4 Å². The number of nitrogens with zero attached hydrogens (tertiary/aromatic N) is 5. The van der Waals surface area contributed by atoms with E-state index in [1.807, 2.05) is 27.0 Å². The normalized spacial score (nSPS) is 11.8. The predicted octanol–water partition coefficient (Wildman–Crippen LogP) is 3.27. The van der Waals surface area contributed by atoms with Gasteiger partial charge in [-0.05, 0) is 39.0 Å². The summed E-state index contributed by atoms with van der Waals surface area (Å²) >= 11 is 0. The molecule has 0 unspecified atom stereocenters. The summed E-state index contributed by atoms with van der Waals surface area (Å²) in [6, 6.07) is 8.33. The molecule has 0 radical (unpaired) electrons. The van der Waals surface area contributed by atoms with Gasteiger partial charge in [0.2, 0.25) is 11.8 Å². The zero-order valence-corrected chi connectivity index (χ0v) is 19.8. The van der Waals surface area contributed by atoms with Crippen LogP contribution in [0.5, 0.6) is 5.88 Å². The van der Waals surface area contributed by atoms with Crippen LogP contribution in [-0.4, -0.2) is 52.5 Å². The average molecular weight is 471 g/mol. The molecular formula is C22H26N6O4S. The second-order valence-corrected chi connectivity index (χ2v) is 9.28. The van der Waals surface area contributed by atoms with Crippen LogP contribution < -0.4 is 10.1 Å². The van der Waals surface area contributed by atoms with E-state index in [4.69, 9.17) is 9.47 Å². The maximum Gasteiger partial charge on any atom is 0.269 e. The first-order valence-electron chi connectivity index (χ1n) is 10.5. The lowest BCUT2D eigenvalue weighted by Gasteiger charge is -2.11. The Morgan fingerprint density at radius 2 is 1.85 bits per heavy atom. The van der Waals surface area contributed by atoms with Gasteiger partial charge in [0, 0.05) is 19.5 Å². The number of ether oxygens (including phenoxy) is 2. The van der Waals surface area contributed by atoms with Crippen molar-refractivity contribution in [1.29, 1.82) is 0 Å². The molecular weight excluding hydrogens is 444 g/mol. The largest absolute Gasteiger partial charge is 0.477 e. The fraction of sp³-hybridized carbons (Fsp3) is 0.318. The van der Waals surface area contributed by atoms with Gasteiger partial charge in [-0.15, -0.1) is 0 Å². The van der Waals surface area contributed by atoms with Crippen molar-refractivity contribution in [2.45, 2.75) is 32.2 Å². The Bertz CT molecular complexity index is 1380. The van der Waals surface area contributed by atoms with Crippen LogP contribution in [0.1, 0.15) is 18.2 Å². The van der Waals surface area contributed by atoms with E-state index in [-0.39, 0.29) is 16.5 Å². The number of benzene rings is 1. The van der Waals surface area contributed by atoms with Gasteiger partial charge in [0.25, 0.3) is 10.0 Å². The molecule has 0 bridgehead atoms. The molecule has 0 amide bonds. The molecule has 0 aliphatic carbocycles. The summed E-state index contributed by atoms with van der Waals surface area (Å²) < 4.78 is 40.4. The average Bonchev–Trinajstić information content (AvgIpc) is 3.37. The van der Waals surface area contributed by atoms with Crippen molar-refractivity contribution in [1.82, 2.24) is 23.7 Å². The third-order valence-electron chi connectivity index (χ3n) is 5.05. The summed E-state index contributed by atoms with van der Waals surface area (Å²) in [6.45, 7) is 7.10. The number of methoxy groups -OCH3 is 1. The maximum atomic E-state index is 13.3. The van der Waals surface area contributed by atoms with Gasteiger partial charge < -0.3 is 14.8 Å². The fourth-order valence-corrected chi connectivity index (χ4v) is 4.64. The highest BCUT2D eigenvalue weighted by Crippen LogP contribution is 2.29. The summed E-state index contributed by atoms with van der Waals surface area (Å²) in [5.41, 5.74) is 2.64. The van der Waals surface area contributed by atoms with Crippen LogP contribution in [0.25, 0.3) is 11.0 Å². The van der Waals surface area contributed by atoms with Crippen molar-refractivity contribution in [2.24, 2.45) is 0 Å². The monoisotopic (exact) mass is 470 g/mol. The van der Waals surface area contributed by atoms with Gasteiger partial charge >= 0.3 is 0 Å². The molecule has 0 atom stereocenters. The van der Waals surface area contributed by atoms with Gasteiger partial charge in [-0.3, -0.25) is 4.68 Å². The highest BCUT2D eigenvalue weighted by atomic mass is 32.2. The molecule has 4 aromatic rings. The molecule has 0 aliphatic heterocycles. The maximum absolute atomic E-state index is 13.3. The third-order valence-corrected chi connectivity index (χ3v) is 6.73. The van der Waals surface area contributed by atoms with E-state index in [0.717, 1.165) is 15.2 Å². The third kappa shape index (κ3) is 4.55. The molecule has 10 nitrogen and oxygen atoms in total. The predicted molar refractivity (Wildman–Crippen MR) is 125 cm³/mol. The standard InChI is InChI=1S/C22H26N6O4S/c1-5-32-21-18-10-11-28(33(29,30)17-8-6-15(2)7-9-17)20(18)24-22(25-21)23-19-14-27(12-13-31-4)26-16(19)3/h6-11,14H,5,12-13H2,1-4H3,(H,23,24,25). The topological polar surface area (TPSA) is 113 Å². The van der Waals surface area contributed by atoms with Crippen molar-refractivity contribution >= 4 is 32.7 Å². The van der Waals surface area contributed by atoms with Gasteiger partial charge in [-0.2, -0.15) is 15.1 Å². The molecule has 3 heterocycles. The SMILES string of the molecule is CCOc1nc(Nc2cn(CCOC)nc2C)nc2c1ccn2S(=O)(=O)c1ccc(C)cc1. The summed E-state index contributed by atoms with van der Waals surface area (Å²) in [4.78, 5) is 9.15. The number of nitrogens with one attached hydrogen (secondary N) is 1. The molecule has 11 heteroatoms. The van der Waals surface area contributed by atoms with Crippen molar-refractivity contribution in [3.05, 3.63) is 54.0 Å². The van der Waals surface area contributed by atoms with E-state index in [1.165, 1.54) is 6.20 Å². The minimum Gasteiger partial charge on any atom is -0.477 e. The van der Waals surface area contributed by atoms with Gasteiger partial charge in [-0.25, -0.2) is 12.4 Å². The van der Waals surface area contributed by atoms with E-state index >= 15 is 0 Å². The molecule has 0 saturated heterocycles. The smallest absolute Gasteiger partial charge is 0.269 e. The Kier molecular flexibility index (Phi) is 6.34. The quantitative estimate of drug-likeness (QED) is 0.397. The zero-order chi connectivity index (χ0) is 23.6. The second-order valence-electron chi connectivity index (χ2n) is 7.46. The van der Waals surface area contributed by atoms with Crippen LogP contribution in [0.3, 0.4) is 0 Å². The summed E-state index contributed by atoms with van der Waals surface area (Å²) in [5.74, 6) is 0.506. The fourth-order valence-electron chi connectivity index (χ4n) is 3.35. The lowest BCUT2D eigenvalue weighted by molar-refractivity contribution is 0.183. The van der Waals surface area contributed by atoms with Crippen LogP contribution in [0.15, 0.2) is 47.6 Å². The van der Waals surface area contributed by atoms with Crippen LogP contribution >= 0.6 is 0 Å². The highest BCUT2D eigenvalue weighted by Gasteiger charge is 2.23. The Labute approximate surface area is 192 Å². The van der Waals surface area contributed by atoms with Crippen LogP contribution in [0, 0.1) is 13.8 Å². The van der Waals surface area contributed by atoms with Crippen molar-refractivity contribution in [2.75, 3.05) is 25.6 Å². The van der Waals surface area contributed by atoms with E-state index in [9.17, 15) is 8.42 Å². The van der Waals surface area contributed by atoms with Crippen LogP contribution in [-0.2, 0) is 21.3 Å². The molecule has 4 rings (SSSR count). The minimum absolute atomic E-state index is 0.173. The molecule has 0 saturated carbocycles. The Morgan fingerprint density at radius 3 is 2.55 bits per heavy atom. The molecule has 3 aromatic heterocycles. The Hall–Kier alpha value is -3.44. The first-order chi connectivity index (χ1) is 15.8. The number of hydrogen-bond acceptors (Lipinski definition) is 8. The molecule has 0 spiro atoms. The molecule has 0 fully saturated rings. The van der Waals surface area contributed by atoms with Crippen molar-refractivity contribution < 1.29 is 17.9 Å². The molecule has 174 valence electrons. The lowest BCUT2D eigenvalue weighted by atomic mass is 10.2. The number of rotatable bonds is 9. The van der Waals surface area contributed by atoms with E-state index in [1.54, 1.807) is 42.1 Å². The zero-order valence-electron chi connectivity index (χ0n) is 18.9. The first kappa shape index (κ1) is 22.7. The minimum atomic E-state index is -3.86. The number of fused-ring (bicyclic) bond motifs is 1. The van der Waals surface area contributed by atoms with Gasteiger partial charge in [0.1, 0.15) is 0 Å². The van der Waals surface area contributed by atoms with Crippen molar-refractivity contribution in [3.8, 4) is 5.88 Å². The Balaban J connectivity index is 1.78. The van der Waals surface area contributed by atoms with Crippen LogP contribution in [0.2, 0.25) is 0 Å². The number of aromatic nitrogens is 5. The number of hydrogen-bond donors (Lipinski definition) is 1. The summed E-state index contributed by atoms with van der Waals surface area (Å²) in [7, 11) is -2.23. The second kappa shape index (κ2) is 9.20. The Morgan fingerprint density at radius 1 is 1.09 bits per heavy atom. The summed E-state index contributed by atoms with van der Waals surface area (Å²) in [6.07, 6.45) is 3.29. The van der Waals surface area contributed by atoms with E-state index < -0.39 is 10.0 Å². The molecule has 0 aliphatic rings. The molecule has 1 N–H and O–H groups in total. The molecule has 1 aromatic carbocycles. The van der Waals surface area contributed by atoms with Crippen LogP contribution in [0.4, 0.5) is 11.6 Å². The first-order valence-corrected chi connectivity index (χ1v) is 11.9. The highest BCUT2D eigenvalue weighted by molar-refractivity contribution is 7.90. The number of anilines is 2. The number of aryl methyl sites for hydroxylation is 2. The lowest BCUT2D eigenvalue weighted by Crippen LogP contribution is -2.13. The van der Waals surface area contributed by atoms with Gasteiger partial charge in [-0.1, -0.05) is 17.7 Å².